The van der Waals surface area contributed by atoms with Crippen LogP contribution in [0.5, 0.6) is 11.5 Å². The van der Waals surface area contributed by atoms with Gasteiger partial charge in [0.2, 0.25) is 0 Å². The van der Waals surface area contributed by atoms with E-state index < -0.39 is 0 Å². The van der Waals surface area contributed by atoms with Crippen LogP contribution < -0.4 is 14.8 Å². The second kappa shape index (κ2) is 7.76. The van der Waals surface area contributed by atoms with E-state index in [1.54, 1.807) is 7.11 Å². The molecule has 146 valence electrons. The topological polar surface area (TPSA) is 52.5 Å². The van der Waals surface area contributed by atoms with Gasteiger partial charge in [0.1, 0.15) is 23.3 Å². The predicted octanol–water partition coefficient (Wildman–Crippen LogP) is 4.45. The number of carbonyl (C=O) groups is 1. The van der Waals surface area contributed by atoms with E-state index in [1.165, 1.54) is 0 Å². The Morgan fingerprint density at radius 2 is 2.14 bits per heavy atom. The number of para-hydroxylation sites is 1. The second-order valence-electron chi connectivity index (χ2n) is 6.91. The molecule has 5 nitrogen and oxygen atoms in total. The van der Waals surface area contributed by atoms with E-state index in [-0.39, 0.29) is 12.0 Å². The number of carbonyl (C=O) groups excluding carboxylic acids is 1. The summed E-state index contributed by atoms with van der Waals surface area (Å²) in [7, 11) is 1.65. The van der Waals surface area contributed by atoms with Crippen molar-refractivity contribution in [2.24, 2.45) is 0 Å². The van der Waals surface area contributed by atoms with E-state index in [0.29, 0.717) is 30.2 Å². The van der Waals surface area contributed by atoms with Crippen molar-refractivity contribution in [1.82, 2.24) is 9.88 Å². The summed E-state index contributed by atoms with van der Waals surface area (Å²) in [5, 5.41) is 4.51. The van der Waals surface area contributed by atoms with E-state index in [1.807, 2.05) is 47.0 Å². The third-order valence-corrected chi connectivity index (χ3v) is 5.54. The molecule has 1 atom stereocenters. The van der Waals surface area contributed by atoms with Gasteiger partial charge in [-0.2, -0.15) is 0 Å². The lowest BCUT2D eigenvalue weighted by molar-refractivity contribution is 0.0938. The number of halogens is 1. The maximum absolute atomic E-state index is 12.9. The summed E-state index contributed by atoms with van der Waals surface area (Å²) in [6, 6.07) is 13.4. The van der Waals surface area contributed by atoms with Gasteiger partial charge in [-0.3, -0.25) is 4.79 Å². The zero-order valence-corrected chi connectivity index (χ0v) is 16.8. The number of amides is 1. The smallest absolute Gasteiger partial charge is 0.267 e. The number of nitrogens with one attached hydrogen (secondary N) is 1. The quantitative estimate of drug-likeness (QED) is 0.667. The minimum Gasteiger partial charge on any atom is -0.496 e. The molecule has 0 fully saturated rings. The summed E-state index contributed by atoms with van der Waals surface area (Å²) >= 11 is 6.37. The van der Waals surface area contributed by atoms with E-state index in [2.05, 4.69) is 12.2 Å². The van der Waals surface area contributed by atoms with Crippen LogP contribution in [-0.4, -0.2) is 30.2 Å². The number of hydrogen-bond donors (Lipinski definition) is 1. The Kier molecular flexibility index (Phi) is 5.18. The first kappa shape index (κ1) is 18.7. The van der Waals surface area contributed by atoms with Crippen LogP contribution in [0.3, 0.4) is 0 Å². The first-order valence-electron chi connectivity index (χ1n) is 9.50. The van der Waals surface area contributed by atoms with E-state index in [0.717, 1.165) is 34.4 Å². The minimum atomic E-state index is -0.107. The molecule has 6 heteroatoms. The zero-order chi connectivity index (χ0) is 19.7. The Hall–Kier alpha value is -2.66. The van der Waals surface area contributed by atoms with Crippen LogP contribution in [0.4, 0.5) is 0 Å². The van der Waals surface area contributed by atoms with Crippen molar-refractivity contribution >= 4 is 28.4 Å². The molecule has 1 amide bonds. The molecule has 2 aromatic carbocycles. The summed E-state index contributed by atoms with van der Waals surface area (Å²) in [5.74, 6) is 1.51. The molecular formula is C22H23ClN2O3. The van der Waals surface area contributed by atoms with Gasteiger partial charge in [0.15, 0.2) is 0 Å². The fourth-order valence-corrected chi connectivity index (χ4v) is 3.94. The Labute approximate surface area is 169 Å². The lowest BCUT2D eigenvalue weighted by Gasteiger charge is -2.26. The normalized spacial score (nSPS) is 15.3. The summed E-state index contributed by atoms with van der Waals surface area (Å²) < 4.78 is 13.5. The predicted molar refractivity (Wildman–Crippen MR) is 111 cm³/mol. The molecule has 1 aliphatic rings. The molecule has 0 bridgehead atoms. The second-order valence-corrected chi connectivity index (χ2v) is 7.32. The van der Waals surface area contributed by atoms with Gasteiger partial charge >= 0.3 is 0 Å². The molecule has 28 heavy (non-hydrogen) atoms. The molecule has 1 aliphatic heterocycles. The number of nitrogens with zero attached hydrogens (tertiary/aromatic N) is 1. The van der Waals surface area contributed by atoms with Crippen LogP contribution in [0.2, 0.25) is 5.02 Å². The lowest BCUT2D eigenvalue weighted by atomic mass is 10.1. The van der Waals surface area contributed by atoms with Crippen molar-refractivity contribution in [3.8, 4) is 11.5 Å². The van der Waals surface area contributed by atoms with Crippen LogP contribution in [0.15, 0.2) is 42.5 Å². The van der Waals surface area contributed by atoms with Crippen molar-refractivity contribution in [2.45, 2.75) is 32.4 Å². The molecule has 0 radical (unpaired) electrons. The third kappa shape index (κ3) is 3.31. The Morgan fingerprint density at radius 3 is 2.93 bits per heavy atom. The van der Waals surface area contributed by atoms with Gasteiger partial charge in [-0.05, 0) is 42.7 Å². The van der Waals surface area contributed by atoms with Crippen LogP contribution >= 0.6 is 11.6 Å². The highest BCUT2D eigenvalue weighted by Crippen LogP contribution is 2.38. The average Bonchev–Trinajstić information content (AvgIpc) is 3.12. The molecule has 3 aromatic rings. The Morgan fingerprint density at radius 1 is 1.32 bits per heavy atom. The monoisotopic (exact) mass is 398 g/mol. The molecule has 0 saturated heterocycles. The van der Waals surface area contributed by atoms with Crippen LogP contribution in [-0.2, 0) is 13.0 Å². The Bertz CT molecular complexity index is 1030. The molecule has 1 aromatic heterocycles. The molecule has 0 saturated carbocycles. The van der Waals surface area contributed by atoms with E-state index in [9.17, 15) is 4.79 Å². The van der Waals surface area contributed by atoms with Crippen molar-refractivity contribution in [2.75, 3.05) is 13.7 Å². The van der Waals surface area contributed by atoms with E-state index in [4.69, 9.17) is 21.1 Å². The van der Waals surface area contributed by atoms with Crippen molar-refractivity contribution in [3.05, 3.63) is 58.7 Å². The SMILES string of the molecule is CC[C@@H]1Cn2c(C(=O)NCCc3ccccc3OC)cc3c(Cl)ccc(c32)O1. The number of rotatable bonds is 6. The maximum atomic E-state index is 12.9. The highest BCUT2D eigenvalue weighted by atomic mass is 35.5. The van der Waals surface area contributed by atoms with Gasteiger partial charge in [-0.25, -0.2) is 0 Å². The standard InChI is InChI=1S/C22H23ClN2O3/c1-3-15-13-25-18(12-16-17(23)8-9-20(28-15)21(16)25)22(26)24-11-10-14-6-4-5-7-19(14)27-2/h4-9,12,15H,3,10-11,13H2,1-2H3,(H,24,26)/t15-/m1/s1. The molecule has 0 aliphatic carbocycles. The van der Waals surface area contributed by atoms with Gasteiger partial charge in [0, 0.05) is 11.9 Å². The molecule has 4 rings (SSSR count). The Balaban J connectivity index is 1.57. The van der Waals surface area contributed by atoms with Crippen LogP contribution in [0.25, 0.3) is 10.9 Å². The summed E-state index contributed by atoms with van der Waals surface area (Å²) in [5.41, 5.74) is 2.58. The fraction of sp³-hybridized carbons (Fsp3) is 0.318. The zero-order valence-electron chi connectivity index (χ0n) is 16.0. The molecule has 0 unspecified atom stereocenters. The minimum absolute atomic E-state index is 0.0457. The number of hydrogen-bond acceptors (Lipinski definition) is 3. The van der Waals surface area contributed by atoms with Gasteiger partial charge in [0.05, 0.1) is 24.2 Å². The first-order valence-corrected chi connectivity index (χ1v) is 9.88. The van der Waals surface area contributed by atoms with Gasteiger partial charge in [0.25, 0.3) is 5.91 Å². The number of benzene rings is 2. The van der Waals surface area contributed by atoms with Crippen molar-refractivity contribution in [3.63, 3.8) is 0 Å². The van der Waals surface area contributed by atoms with Gasteiger partial charge < -0.3 is 19.4 Å². The maximum Gasteiger partial charge on any atom is 0.267 e. The van der Waals surface area contributed by atoms with E-state index >= 15 is 0 Å². The number of aromatic nitrogens is 1. The molecule has 2 heterocycles. The highest BCUT2D eigenvalue weighted by Gasteiger charge is 2.26. The van der Waals surface area contributed by atoms with Crippen LogP contribution in [0.1, 0.15) is 29.4 Å². The van der Waals surface area contributed by atoms with Gasteiger partial charge in [-0.1, -0.05) is 36.7 Å². The first-order chi connectivity index (χ1) is 13.6. The summed E-state index contributed by atoms with van der Waals surface area (Å²) in [6.45, 7) is 3.25. The van der Waals surface area contributed by atoms with Crippen molar-refractivity contribution in [1.29, 1.82) is 0 Å². The summed E-state index contributed by atoms with van der Waals surface area (Å²) in [6.07, 6.45) is 1.61. The van der Waals surface area contributed by atoms with Crippen LogP contribution in [0, 0.1) is 0 Å². The number of methoxy groups -OCH3 is 1. The largest absolute Gasteiger partial charge is 0.496 e. The molecule has 1 N–H and O–H groups in total. The average molecular weight is 399 g/mol. The summed E-state index contributed by atoms with van der Waals surface area (Å²) in [4.78, 5) is 12.9. The highest BCUT2D eigenvalue weighted by molar-refractivity contribution is 6.36. The molecular weight excluding hydrogens is 376 g/mol. The van der Waals surface area contributed by atoms with Crippen molar-refractivity contribution < 1.29 is 14.3 Å². The van der Waals surface area contributed by atoms with Gasteiger partial charge in [-0.15, -0.1) is 0 Å². The molecule has 0 spiro atoms. The third-order valence-electron chi connectivity index (χ3n) is 5.21. The number of ether oxygens (including phenoxy) is 2. The lowest BCUT2D eigenvalue weighted by Crippen LogP contribution is -2.32. The fourth-order valence-electron chi connectivity index (χ4n) is 3.73.